The molecule has 1 heterocycles. The van der Waals surface area contributed by atoms with E-state index in [2.05, 4.69) is 17.3 Å². The van der Waals surface area contributed by atoms with Gasteiger partial charge < -0.3 is 10.2 Å². The Balaban J connectivity index is 1.89. The number of nitrogens with zero attached hydrogens (tertiary/aromatic N) is 1. The molecule has 18 heavy (non-hydrogen) atoms. The maximum absolute atomic E-state index is 13.2. The minimum absolute atomic E-state index is 0.136. The van der Waals surface area contributed by atoms with Crippen LogP contribution in [-0.2, 0) is 6.54 Å². The van der Waals surface area contributed by atoms with Gasteiger partial charge in [-0.15, -0.1) is 0 Å². The molecule has 1 unspecified atom stereocenters. The predicted octanol–water partition coefficient (Wildman–Crippen LogP) is 2.57. The molecule has 1 aromatic rings. The molecule has 0 radical (unpaired) electrons. The van der Waals surface area contributed by atoms with Gasteiger partial charge in [-0.1, -0.05) is 6.07 Å². The first-order chi connectivity index (χ1) is 8.65. The third-order valence-electron chi connectivity index (χ3n) is 3.72. The minimum atomic E-state index is -0.136. The molecule has 0 spiro atoms. The van der Waals surface area contributed by atoms with Crippen LogP contribution in [0.4, 0.5) is 4.39 Å². The van der Waals surface area contributed by atoms with E-state index in [4.69, 9.17) is 0 Å². The number of halogens is 1. The molecule has 0 aromatic heterocycles. The van der Waals surface area contributed by atoms with E-state index in [0.29, 0.717) is 0 Å². The van der Waals surface area contributed by atoms with Crippen LogP contribution in [0.1, 0.15) is 24.0 Å². The molecule has 0 aliphatic carbocycles. The molecule has 0 amide bonds. The Morgan fingerprint density at radius 3 is 3.00 bits per heavy atom. The Labute approximate surface area is 109 Å². The number of hydrogen-bond acceptors (Lipinski definition) is 2. The highest BCUT2D eigenvalue weighted by Gasteiger charge is 2.15. The van der Waals surface area contributed by atoms with E-state index in [1.54, 1.807) is 6.07 Å². The Hall–Kier alpha value is -0.930. The van der Waals surface area contributed by atoms with Gasteiger partial charge in [0, 0.05) is 13.1 Å². The number of aryl methyl sites for hydroxylation is 1. The molecule has 2 rings (SSSR count). The van der Waals surface area contributed by atoms with Crippen LogP contribution < -0.4 is 5.32 Å². The average molecular weight is 250 g/mol. The maximum atomic E-state index is 13.2. The van der Waals surface area contributed by atoms with Crippen LogP contribution in [0, 0.1) is 18.7 Å². The van der Waals surface area contributed by atoms with E-state index in [0.717, 1.165) is 37.7 Å². The first kappa shape index (κ1) is 13.5. The van der Waals surface area contributed by atoms with Gasteiger partial charge in [0.15, 0.2) is 0 Å². The van der Waals surface area contributed by atoms with Crippen LogP contribution in [0.25, 0.3) is 0 Å². The molecule has 1 aliphatic rings. The summed E-state index contributed by atoms with van der Waals surface area (Å²) in [6.45, 7) is 6.24. The lowest BCUT2D eigenvalue weighted by Crippen LogP contribution is -2.36. The Morgan fingerprint density at radius 1 is 1.44 bits per heavy atom. The molecule has 1 atom stereocenters. The van der Waals surface area contributed by atoms with Crippen LogP contribution >= 0.6 is 0 Å². The molecule has 1 aliphatic heterocycles. The molecular formula is C15H23FN2. The third-order valence-corrected chi connectivity index (χ3v) is 3.72. The summed E-state index contributed by atoms with van der Waals surface area (Å²) in [5, 5.41) is 3.44. The molecule has 1 saturated heterocycles. The number of rotatable bonds is 4. The van der Waals surface area contributed by atoms with Crippen molar-refractivity contribution in [3.8, 4) is 0 Å². The summed E-state index contributed by atoms with van der Waals surface area (Å²) >= 11 is 0. The zero-order valence-corrected chi connectivity index (χ0v) is 11.4. The van der Waals surface area contributed by atoms with Gasteiger partial charge in [-0.2, -0.15) is 0 Å². The Bertz CT molecular complexity index is 386. The summed E-state index contributed by atoms with van der Waals surface area (Å²) in [4.78, 5) is 2.31. The van der Waals surface area contributed by atoms with Gasteiger partial charge in [0.1, 0.15) is 5.82 Å². The molecular weight excluding hydrogens is 227 g/mol. The van der Waals surface area contributed by atoms with Crippen molar-refractivity contribution in [1.29, 1.82) is 0 Å². The number of hydrogen-bond donors (Lipinski definition) is 1. The van der Waals surface area contributed by atoms with Crippen LogP contribution in [0.15, 0.2) is 18.2 Å². The highest BCUT2D eigenvalue weighted by molar-refractivity contribution is 5.26. The lowest BCUT2D eigenvalue weighted by atomic mass is 9.99. The predicted molar refractivity (Wildman–Crippen MR) is 73.1 cm³/mol. The first-order valence-corrected chi connectivity index (χ1v) is 6.79. The Kier molecular flexibility index (Phi) is 4.72. The van der Waals surface area contributed by atoms with Crippen LogP contribution in [0.2, 0.25) is 0 Å². The number of piperidine rings is 1. The molecule has 0 bridgehead atoms. The summed E-state index contributed by atoms with van der Waals surface area (Å²) in [7, 11) is 2.12. The normalized spacial score (nSPS) is 20.3. The van der Waals surface area contributed by atoms with Crippen molar-refractivity contribution in [3.63, 3.8) is 0 Å². The zero-order chi connectivity index (χ0) is 13.0. The van der Waals surface area contributed by atoms with E-state index < -0.39 is 0 Å². The molecule has 1 aromatic carbocycles. The topological polar surface area (TPSA) is 15.3 Å². The van der Waals surface area contributed by atoms with Gasteiger partial charge >= 0.3 is 0 Å². The minimum Gasteiger partial charge on any atom is -0.316 e. The summed E-state index contributed by atoms with van der Waals surface area (Å²) in [6, 6.07) is 5.05. The van der Waals surface area contributed by atoms with E-state index in [9.17, 15) is 4.39 Å². The monoisotopic (exact) mass is 250 g/mol. The van der Waals surface area contributed by atoms with Crippen LogP contribution in [0.5, 0.6) is 0 Å². The van der Waals surface area contributed by atoms with Gasteiger partial charge in [-0.05, 0) is 69.1 Å². The van der Waals surface area contributed by atoms with Crippen molar-refractivity contribution >= 4 is 0 Å². The lowest BCUT2D eigenvalue weighted by Gasteiger charge is -2.28. The smallest absolute Gasteiger partial charge is 0.123 e. The van der Waals surface area contributed by atoms with Gasteiger partial charge in [-0.25, -0.2) is 4.39 Å². The molecule has 3 heteroatoms. The van der Waals surface area contributed by atoms with Crippen molar-refractivity contribution in [1.82, 2.24) is 10.2 Å². The van der Waals surface area contributed by atoms with E-state index >= 15 is 0 Å². The number of nitrogens with one attached hydrogen (secondary N) is 1. The fraction of sp³-hybridized carbons (Fsp3) is 0.600. The van der Waals surface area contributed by atoms with Gasteiger partial charge in [-0.3, -0.25) is 0 Å². The second kappa shape index (κ2) is 6.30. The van der Waals surface area contributed by atoms with Gasteiger partial charge in [0.2, 0.25) is 0 Å². The highest BCUT2D eigenvalue weighted by atomic mass is 19.1. The van der Waals surface area contributed by atoms with Gasteiger partial charge in [0.05, 0.1) is 0 Å². The van der Waals surface area contributed by atoms with Crippen molar-refractivity contribution < 1.29 is 4.39 Å². The molecule has 2 nitrogen and oxygen atoms in total. The number of benzene rings is 1. The van der Waals surface area contributed by atoms with Crippen molar-refractivity contribution in [2.75, 3.05) is 26.7 Å². The van der Waals surface area contributed by atoms with E-state index in [-0.39, 0.29) is 5.82 Å². The fourth-order valence-corrected chi connectivity index (χ4v) is 2.69. The SMILES string of the molecule is Cc1ccc(F)cc1CN(C)CC1CCCNC1. The van der Waals surface area contributed by atoms with Gasteiger partial charge in [0.25, 0.3) is 0 Å². The standard InChI is InChI=1S/C15H23FN2/c1-12-5-6-15(16)8-14(12)11-18(2)10-13-4-3-7-17-9-13/h5-6,8,13,17H,3-4,7,9-11H2,1-2H3. The highest BCUT2D eigenvalue weighted by Crippen LogP contribution is 2.15. The van der Waals surface area contributed by atoms with Crippen molar-refractivity contribution in [2.45, 2.75) is 26.3 Å². The fourth-order valence-electron chi connectivity index (χ4n) is 2.69. The zero-order valence-electron chi connectivity index (χ0n) is 11.4. The molecule has 100 valence electrons. The summed E-state index contributed by atoms with van der Waals surface area (Å²) in [6.07, 6.45) is 2.58. The third kappa shape index (κ3) is 3.79. The van der Waals surface area contributed by atoms with E-state index in [1.165, 1.54) is 24.5 Å². The average Bonchev–Trinajstić information content (AvgIpc) is 2.35. The summed E-state index contributed by atoms with van der Waals surface area (Å²) in [5.41, 5.74) is 2.27. The molecule has 0 saturated carbocycles. The van der Waals surface area contributed by atoms with Crippen LogP contribution in [-0.4, -0.2) is 31.6 Å². The Morgan fingerprint density at radius 2 is 2.28 bits per heavy atom. The van der Waals surface area contributed by atoms with Crippen LogP contribution in [0.3, 0.4) is 0 Å². The van der Waals surface area contributed by atoms with Crippen molar-refractivity contribution in [2.24, 2.45) is 5.92 Å². The van der Waals surface area contributed by atoms with Crippen molar-refractivity contribution in [3.05, 3.63) is 35.1 Å². The molecule has 1 fully saturated rings. The summed E-state index contributed by atoms with van der Waals surface area (Å²) < 4.78 is 13.2. The summed E-state index contributed by atoms with van der Waals surface area (Å²) in [5.74, 6) is 0.598. The second-order valence-electron chi connectivity index (χ2n) is 5.48. The second-order valence-corrected chi connectivity index (χ2v) is 5.48. The largest absolute Gasteiger partial charge is 0.316 e. The lowest BCUT2D eigenvalue weighted by molar-refractivity contribution is 0.237. The maximum Gasteiger partial charge on any atom is 0.123 e. The first-order valence-electron chi connectivity index (χ1n) is 6.79. The molecule has 1 N–H and O–H groups in total. The quantitative estimate of drug-likeness (QED) is 0.883. The van der Waals surface area contributed by atoms with E-state index in [1.807, 2.05) is 13.0 Å².